The molecule has 1 aromatic carbocycles. The van der Waals surface area contributed by atoms with Crippen molar-refractivity contribution < 1.29 is 4.79 Å². The molecule has 4 heteroatoms. The van der Waals surface area contributed by atoms with Crippen LogP contribution in [0.2, 0.25) is 0 Å². The Morgan fingerprint density at radius 1 is 1.36 bits per heavy atom. The van der Waals surface area contributed by atoms with Crippen molar-refractivity contribution >= 4 is 11.6 Å². The summed E-state index contributed by atoms with van der Waals surface area (Å²) in [6.45, 7) is 6.46. The monoisotopic (exact) mass is 303 g/mol. The van der Waals surface area contributed by atoms with Gasteiger partial charge in [0.15, 0.2) is 0 Å². The molecule has 1 atom stereocenters. The molecule has 0 bridgehead atoms. The zero-order valence-electron chi connectivity index (χ0n) is 13.8. The van der Waals surface area contributed by atoms with E-state index < -0.39 is 0 Å². The van der Waals surface area contributed by atoms with Gasteiger partial charge in [-0.15, -0.1) is 0 Å². The van der Waals surface area contributed by atoms with E-state index in [1.54, 1.807) is 0 Å². The van der Waals surface area contributed by atoms with Gasteiger partial charge in [0.2, 0.25) is 5.91 Å². The van der Waals surface area contributed by atoms with E-state index in [0.717, 1.165) is 25.1 Å². The normalized spacial score (nSPS) is 19.4. The number of amides is 1. The van der Waals surface area contributed by atoms with Gasteiger partial charge in [0.25, 0.3) is 0 Å². The van der Waals surface area contributed by atoms with Crippen molar-refractivity contribution in [3.05, 3.63) is 29.8 Å². The molecule has 122 valence electrons. The maximum atomic E-state index is 12.4. The molecule has 4 nitrogen and oxygen atoms in total. The minimum absolute atomic E-state index is 0.0806. The molecular weight excluding hydrogens is 274 g/mol. The number of rotatable bonds is 6. The number of nitrogens with one attached hydrogen (secondary N) is 1. The first kappa shape index (κ1) is 17.0. The Morgan fingerprint density at radius 2 is 2.14 bits per heavy atom. The highest BCUT2D eigenvalue weighted by molar-refractivity contribution is 5.93. The van der Waals surface area contributed by atoms with Gasteiger partial charge in [0.1, 0.15) is 0 Å². The Morgan fingerprint density at radius 3 is 2.86 bits per heavy atom. The Labute approximate surface area is 134 Å². The second kappa shape index (κ2) is 8.30. The second-order valence-electron chi connectivity index (χ2n) is 6.49. The van der Waals surface area contributed by atoms with Crippen molar-refractivity contribution in [2.75, 3.05) is 25.0 Å². The number of para-hydroxylation sites is 1. The molecule has 0 aliphatic carbocycles. The topological polar surface area (TPSA) is 58.4 Å². The molecule has 1 amide bonds. The first-order valence-electron chi connectivity index (χ1n) is 8.44. The largest absolute Gasteiger partial charge is 0.330 e. The Bertz CT molecular complexity index is 485. The third-order valence-corrected chi connectivity index (χ3v) is 4.45. The summed E-state index contributed by atoms with van der Waals surface area (Å²) in [4.78, 5) is 14.7. The summed E-state index contributed by atoms with van der Waals surface area (Å²) in [5.41, 5.74) is 7.83. The summed E-state index contributed by atoms with van der Waals surface area (Å²) in [5, 5.41) is 3.09. The quantitative estimate of drug-likeness (QED) is 0.849. The van der Waals surface area contributed by atoms with E-state index in [9.17, 15) is 4.79 Å². The number of nitrogens with zero attached hydrogens (tertiary/aromatic N) is 1. The van der Waals surface area contributed by atoms with Crippen molar-refractivity contribution in [2.24, 2.45) is 5.73 Å². The zero-order valence-corrected chi connectivity index (χ0v) is 13.8. The number of hydrogen-bond acceptors (Lipinski definition) is 3. The average molecular weight is 303 g/mol. The Balaban J connectivity index is 1.97. The highest BCUT2D eigenvalue weighted by atomic mass is 16.2. The summed E-state index contributed by atoms with van der Waals surface area (Å²) in [7, 11) is 0. The lowest BCUT2D eigenvalue weighted by molar-refractivity contribution is -0.118. The molecule has 1 aromatic rings. The molecule has 0 saturated carbocycles. The summed E-state index contributed by atoms with van der Waals surface area (Å²) in [6.07, 6.45) is 4.57. The molecule has 0 spiro atoms. The molecule has 1 saturated heterocycles. The van der Waals surface area contributed by atoms with Gasteiger partial charge in [0, 0.05) is 11.7 Å². The number of hydrogen-bond donors (Lipinski definition) is 2. The van der Waals surface area contributed by atoms with Gasteiger partial charge in [-0.3, -0.25) is 9.69 Å². The smallest absolute Gasteiger partial charge is 0.238 e. The number of likely N-dealkylation sites (tertiary alicyclic amines) is 1. The van der Waals surface area contributed by atoms with E-state index in [1.165, 1.54) is 18.4 Å². The van der Waals surface area contributed by atoms with Crippen LogP contribution in [0.3, 0.4) is 0 Å². The fourth-order valence-corrected chi connectivity index (χ4v) is 3.28. The Hall–Kier alpha value is -1.39. The van der Waals surface area contributed by atoms with Gasteiger partial charge in [-0.05, 0) is 49.9 Å². The van der Waals surface area contributed by atoms with Crippen LogP contribution in [0.25, 0.3) is 0 Å². The van der Waals surface area contributed by atoms with Crippen LogP contribution in [-0.4, -0.2) is 36.5 Å². The second-order valence-corrected chi connectivity index (χ2v) is 6.49. The highest BCUT2D eigenvalue weighted by Gasteiger charge is 2.23. The highest BCUT2D eigenvalue weighted by Crippen LogP contribution is 2.24. The summed E-state index contributed by atoms with van der Waals surface area (Å²) >= 11 is 0. The third-order valence-electron chi connectivity index (χ3n) is 4.45. The van der Waals surface area contributed by atoms with Gasteiger partial charge >= 0.3 is 0 Å². The predicted octanol–water partition coefficient (Wildman–Crippen LogP) is 2.95. The van der Waals surface area contributed by atoms with Crippen molar-refractivity contribution in [3.63, 3.8) is 0 Å². The SMILES string of the molecule is CC(C)c1ccccc1NC(=O)CN1CCCCC1CCN. The molecule has 0 aromatic heterocycles. The number of benzene rings is 1. The molecule has 3 N–H and O–H groups in total. The van der Waals surface area contributed by atoms with Gasteiger partial charge in [-0.25, -0.2) is 0 Å². The first-order valence-corrected chi connectivity index (χ1v) is 8.44. The first-order chi connectivity index (χ1) is 10.6. The van der Waals surface area contributed by atoms with Crippen LogP contribution in [0.15, 0.2) is 24.3 Å². The minimum Gasteiger partial charge on any atom is -0.330 e. The average Bonchev–Trinajstić information content (AvgIpc) is 2.50. The fourth-order valence-electron chi connectivity index (χ4n) is 3.28. The number of nitrogens with two attached hydrogens (primary N) is 1. The number of anilines is 1. The van der Waals surface area contributed by atoms with Gasteiger partial charge in [-0.2, -0.15) is 0 Å². The van der Waals surface area contributed by atoms with E-state index in [-0.39, 0.29) is 5.91 Å². The summed E-state index contributed by atoms with van der Waals surface area (Å²) in [5.74, 6) is 0.480. The van der Waals surface area contributed by atoms with Crippen LogP contribution in [0.1, 0.15) is 51.0 Å². The van der Waals surface area contributed by atoms with Crippen LogP contribution in [0.5, 0.6) is 0 Å². The number of carbonyl (C=O) groups is 1. The lowest BCUT2D eigenvalue weighted by Gasteiger charge is -2.35. The number of piperidine rings is 1. The molecule has 1 unspecified atom stereocenters. The van der Waals surface area contributed by atoms with Crippen LogP contribution in [0, 0.1) is 0 Å². The van der Waals surface area contributed by atoms with E-state index >= 15 is 0 Å². The van der Waals surface area contributed by atoms with Gasteiger partial charge < -0.3 is 11.1 Å². The maximum Gasteiger partial charge on any atom is 0.238 e. The molecule has 1 heterocycles. The van der Waals surface area contributed by atoms with Gasteiger partial charge in [-0.1, -0.05) is 38.5 Å². The number of carbonyl (C=O) groups excluding carboxylic acids is 1. The van der Waals surface area contributed by atoms with Crippen molar-refractivity contribution in [2.45, 2.75) is 51.5 Å². The maximum absolute atomic E-state index is 12.4. The molecular formula is C18H29N3O. The third kappa shape index (κ3) is 4.55. The van der Waals surface area contributed by atoms with Crippen molar-refractivity contribution in [3.8, 4) is 0 Å². The molecule has 1 aliphatic heterocycles. The molecule has 0 radical (unpaired) electrons. The van der Waals surface area contributed by atoms with E-state index in [2.05, 4.69) is 30.1 Å². The van der Waals surface area contributed by atoms with Crippen LogP contribution < -0.4 is 11.1 Å². The molecule has 2 rings (SSSR count). The molecule has 1 fully saturated rings. The fraction of sp³-hybridized carbons (Fsp3) is 0.611. The lowest BCUT2D eigenvalue weighted by atomic mass is 9.99. The minimum atomic E-state index is 0.0806. The van der Waals surface area contributed by atoms with Crippen LogP contribution in [0.4, 0.5) is 5.69 Å². The van der Waals surface area contributed by atoms with Crippen LogP contribution >= 0.6 is 0 Å². The van der Waals surface area contributed by atoms with Crippen molar-refractivity contribution in [1.29, 1.82) is 0 Å². The predicted molar refractivity (Wildman–Crippen MR) is 92.0 cm³/mol. The Kier molecular flexibility index (Phi) is 6.40. The standard InChI is InChI=1S/C18H29N3O/c1-14(2)16-8-3-4-9-17(16)20-18(22)13-21-12-6-5-7-15(21)10-11-19/h3-4,8-9,14-15H,5-7,10-13,19H2,1-2H3,(H,20,22). The van der Waals surface area contributed by atoms with Crippen LogP contribution in [-0.2, 0) is 4.79 Å². The molecule has 22 heavy (non-hydrogen) atoms. The van der Waals surface area contributed by atoms with E-state index in [4.69, 9.17) is 5.73 Å². The zero-order chi connectivity index (χ0) is 15.9. The summed E-state index contributed by atoms with van der Waals surface area (Å²) in [6, 6.07) is 8.52. The summed E-state index contributed by atoms with van der Waals surface area (Å²) < 4.78 is 0. The molecule has 1 aliphatic rings. The van der Waals surface area contributed by atoms with E-state index in [0.29, 0.717) is 25.0 Å². The van der Waals surface area contributed by atoms with Crippen molar-refractivity contribution in [1.82, 2.24) is 4.90 Å². The van der Waals surface area contributed by atoms with E-state index in [1.807, 2.05) is 18.2 Å². The lowest BCUT2D eigenvalue weighted by Crippen LogP contribution is -2.44. The van der Waals surface area contributed by atoms with Gasteiger partial charge in [0.05, 0.1) is 6.54 Å².